The third kappa shape index (κ3) is 3.01. The number of nitrogens with zero attached hydrogens (tertiary/aromatic N) is 1. The van der Waals surface area contributed by atoms with Crippen LogP contribution in [0.15, 0.2) is 28.7 Å². The van der Waals surface area contributed by atoms with Gasteiger partial charge in [0.05, 0.1) is 13.7 Å². The zero-order valence-electron chi connectivity index (χ0n) is 13.6. The van der Waals surface area contributed by atoms with Crippen LogP contribution in [0.3, 0.4) is 0 Å². The van der Waals surface area contributed by atoms with Gasteiger partial charge in [0.1, 0.15) is 22.9 Å². The van der Waals surface area contributed by atoms with Crippen molar-refractivity contribution in [3.8, 4) is 0 Å². The van der Waals surface area contributed by atoms with Gasteiger partial charge in [-0.15, -0.1) is 0 Å². The molecule has 0 fully saturated rings. The Kier molecular flexibility index (Phi) is 4.22. The lowest BCUT2D eigenvalue weighted by molar-refractivity contribution is 0.0599. The van der Waals surface area contributed by atoms with Gasteiger partial charge in [-0.25, -0.2) is 9.18 Å². The third-order valence-electron chi connectivity index (χ3n) is 4.51. The Bertz CT molecular complexity index is 738. The van der Waals surface area contributed by atoms with Crippen LogP contribution in [-0.4, -0.2) is 24.5 Å². The summed E-state index contributed by atoms with van der Waals surface area (Å²) in [4.78, 5) is 13.9. The molecule has 0 aliphatic carbocycles. The summed E-state index contributed by atoms with van der Waals surface area (Å²) in [6, 6.07) is 6.82. The normalized spacial score (nSPS) is 17.8. The molecule has 5 heteroatoms. The van der Waals surface area contributed by atoms with Crippen LogP contribution in [0.1, 0.15) is 46.0 Å². The quantitative estimate of drug-likeness (QED) is 0.811. The molecule has 0 bridgehead atoms. The molecule has 1 unspecified atom stereocenters. The molecule has 0 amide bonds. The van der Waals surface area contributed by atoms with Crippen LogP contribution in [0.5, 0.6) is 0 Å². The van der Waals surface area contributed by atoms with Crippen molar-refractivity contribution in [2.24, 2.45) is 0 Å². The van der Waals surface area contributed by atoms with E-state index in [0.29, 0.717) is 17.9 Å². The Morgan fingerprint density at radius 3 is 2.96 bits per heavy atom. The van der Waals surface area contributed by atoms with Crippen molar-refractivity contribution < 1.29 is 18.3 Å². The van der Waals surface area contributed by atoms with Gasteiger partial charge in [-0.1, -0.05) is 6.07 Å². The van der Waals surface area contributed by atoms with Crippen LogP contribution in [0, 0.1) is 12.7 Å². The molecule has 0 radical (unpaired) electrons. The van der Waals surface area contributed by atoms with E-state index in [1.807, 2.05) is 6.07 Å². The van der Waals surface area contributed by atoms with E-state index in [4.69, 9.17) is 9.15 Å². The van der Waals surface area contributed by atoms with Crippen molar-refractivity contribution in [3.05, 3.63) is 58.3 Å². The molecule has 1 aliphatic heterocycles. The van der Waals surface area contributed by atoms with Crippen molar-refractivity contribution in [3.63, 3.8) is 0 Å². The standard InChI is InChI=1S/C18H20FNO3/c1-11-16-8-14(19)5-4-13(16)6-7-20(11)10-15-9-17(12(2)23-15)18(21)22-3/h4-5,8-9,11H,6-7,10H2,1-3H3. The van der Waals surface area contributed by atoms with E-state index in [0.717, 1.165) is 24.3 Å². The maximum absolute atomic E-state index is 13.5. The van der Waals surface area contributed by atoms with Crippen LogP contribution in [-0.2, 0) is 17.7 Å². The third-order valence-corrected chi connectivity index (χ3v) is 4.51. The van der Waals surface area contributed by atoms with Crippen LogP contribution >= 0.6 is 0 Å². The number of esters is 1. The minimum Gasteiger partial charge on any atom is -0.465 e. The van der Waals surface area contributed by atoms with Crippen LogP contribution in [0.4, 0.5) is 4.39 Å². The van der Waals surface area contributed by atoms with Gasteiger partial charge in [0.15, 0.2) is 0 Å². The summed E-state index contributed by atoms with van der Waals surface area (Å²) >= 11 is 0. The van der Waals surface area contributed by atoms with Crippen molar-refractivity contribution in [2.75, 3.05) is 13.7 Å². The zero-order chi connectivity index (χ0) is 16.6. The van der Waals surface area contributed by atoms with E-state index in [1.165, 1.54) is 18.7 Å². The Balaban J connectivity index is 1.80. The van der Waals surface area contributed by atoms with Gasteiger partial charge in [0.25, 0.3) is 0 Å². The molecule has 1 atom stereocenters. The topological polar surface area (TPSA) is 42.7 Å². The highest BCUT2D eigenvalue weighted by Crippen LogP contribution is 2.31. The minimum absolute atomic E-state index is 0.0985. The van der Waals surface area contributed by atoms with Crippen LogP contribution in [0.25, 0.3) is 0 Å². The Morgan fingerprint density at radius 1 is 1.43 bits per heavy atom. The Labute approximate surface area is 134 Å². The molecule has 122 valence electrons. The molecule has 0 saturated heterocycles. The highest BCUT2D eigenvalue weighted by Gasteiger charge is 2.26. The number of carbonyl (C=O) groups is 1. The Morgan fingerprint density at radius 2 is 2.22 bits per heavy atom. The summed E-state index contributed by atoms with van der Waals surface area (Å²) in [5.41, 5.74) is 2.67. The lowest BCUT2D eigenvalue weighted by atomic mass is 9.93. The van der Waals surface area contributed by atoms with Crippen molar-refractivity contribution >= 4 is 5.97 Å². The largest absolute Gasteiger partial charge is 0.465 e. The smallest absolute Gasteiger partial charge is 0.341 e. The first-order chi connectivity index (χ1) is 11.0. The molecule has 2 aromatic rings. The number of hydrogen-bond acceptors (Lipinski definition) is 4. The molecule has 0 spiro atoms. The van der Waals surface area contributed by atoms with Crippen molar-refractivity contribution in [2.45, 2.75) is 32.9 Å². The second-order valence-corrected chi connectivity index (χ2v) is 5.91. The molecule has 0 N–H and O–H groups in total. The summed E-state index contributed by atoms with van der Waals surface area (Å²) in [6.07, 6.45) is 0.878. The number of hydrogen-bond donors (Lipinski definition) is 0. The van der Waals surface area contributed by atoms with Crippen LogP contribution < -0.4 is 0 Å². The second-order valence-electron chi connectivity index (χ2n) is 5.91. The maximum Gasteiger partial charge on any atom is 0.341 e. The second kappa shape index (κ2) is 6.16. The number of fused-ring (bicyclic) bond motifs is 1. The average molecular weight is 317 g/mol. The Hall–Kier alpha value is -2.14. The number of halogens is 1. The number of ether oxygens (including phenoxy) is 1. The summed E-state index contributed by atoms with van der Waals surface area (Å²) in [7, 11) is 1.35. The van der Waals surface area contributed by atoms with E-state index >= 15 is 0 Å². The highest BCUT2D eigenvalue weighted by molar-refractivity contribution is 5.90. The van der Waals surface area contributed by atoms with Gasteiger partial charge in [-0.05, 0) is 49.6 Å². The first kappa shape index (κ1) is 15.7. The SMILES string of the molecule is COC(=O)c1cc(CN2CCc3ccc(F)cc3C2C)oc1C. The monoisotopic (exact) mass is 317 g/mol. The molecule has 0 saturated carbocycles. The number of aryl methyl sites for hydroxylation is 1. The number of rotatable bonds is 3. The zero-order valence-corrected chi connectivity index (χ0v) is 13.6. The van der Waals surface area contributed by atoms with Crippen LogP contribution in [0.2, 0.25) is 0 Å². The van der Waals surface area contributed by atoms with E-state index in [2.05, 4.69) is 11.8 Å². The molecular formula is C18H20FNO3. The lowest BCUT2D eigenvalue weighted by Gasteiger charge is -2.34. The summed E-state index contributed by atoms with van der Waals surface area (Å²) in [6.45, 7) is 5.26. The molecule has 4 nitrogen and oxygen atoms in total. The van der Waals surface area contributed by atoms with Gasteiger partial charge in [0, 0.05) is 12.6 Å². The first-order valence-corrected chi connectivity index (χ1v) is 7.69. The number of benzene rings is 1. The molecule has 3 rings (SSSR count). The first-order valence-electron chi connectivity index (χ1n) is 7.69. The summed E-state index contributed by atoms with van der Waals surface area (Å²) in [5, 5.41) is 0. The van der Waals surface area contributed by atoms with E-state index < -0.39 is 5.97 Å². The average Bonchev–Trinajstić information content (AvgIpc) is 2.90. The van der Waals surface area contributed by atoms with E-state index in [-0.39, 0.29) is 11.9 Å². The molecule has 1 aromatic carbocycles. The summed E-state index contributed by atoms with van der Waals surface area (Å²) < 4.78 is 23.9. The van der Waals surface area contributed by atoms with Gasteiger partial charge < -0.3 is 9.15 Å². The highest BCUT2D eigenvalue weighted by atomic mass is 19.1. The van der Waals surface area contributed by atoms with Gasteiger partial charge in [-0.3, -0.25) is 4.90 Å². The van der Waals surface area contributed by atoms with E-state index in [9.17, 15) is 9.18 Å². The fourth-order valence-corrected chi connectivity index (χ4v) is 3.19. The predicted octanol–water partition coefficient (Wildman–Crippen LogP) is 3.63. The number of carbonyl (C=O) groups excluding carboxylic acids is 1. The lowest BCUT2D eigenvalue weighted by Crippen LogP contribution is -2.33. The van der Waals surface area contributed by atoms with Crippen molar-refractivity contribution in [1.29, 1.82) is 0 Å². The predicted molar refractivity (Wildman–Crippen MR) is 83.7 cm³/mol. The summed E-state index contributed by atoms with van der Waals surface area (Å²) in [5.74, 6) is 0.674. The van der Waals surface area contributed by atoms with Gasteiger partial charge in [0.2, 0.25) is 0 Å². The fourth-order valence-electron chi connectivity index (χ4n) is 3.19. The van der Waals surface area contributed by atoms with Gasteiger partial charge in [-0.2, -0.15) is 0 Å². The molecule has 1 aliphatic rings. The molecule has 1 aromatic heterocycles. The van der Waals surface area contributed by atoms with Gasteiger partial charge >= 0.3 is 5.97 Å². The fraction of sp³-hybridized carbons (Fsp3) is 0.389. The van der Waals surface area contributed by atoms with E-state index in [1.54, 1.807) is 19.1 Å². The maximum atomic E-state index is 13.5. The van der Waals surface area contributed by atoms with Crippen molar-refractivity contribution in [1.82, 2.24) is 4.90 Å². The molecule has 2 heterocycles. The molecule has 23 heavy (non-hydrogen) atoms. The number of furan rings is 1. The molecular weight excluding hydrogens is 297 g/mol. The number of methoxy groups -OCH3 is 1. The minimum atomic E-state index is -0.392.